The summed E-state index contributed by atoms with van der Waals surface area (Å²) in [7, 11) is 2.73. The number of aromatic nitrogens is 2. The molecule has 2 fully saturated rings. The summed E-state index contributed by atoms with van der Waals surface area (Å²) in [5.41, 5.74) is 18.5. The lowest BCUT2D eigenvalue weighted by molar-refractivity contribution is -0.142. The molecule has 6 aromatic rings. The van der Waals surface area contributed by atoms with E-state index in [4.69, 9.17) is 10.5 Å². The van der Waals surface area contributed by atoms with Gasteiger partial charge in [-0.25, -0.2) is 13.6 Å². The Morgan fingerprint density at radius 2 is 0.966 bits per heavy atom. The Morgan fingerprint density at radius 3 is 1.38 bits per heavy atom. The predicted molar refractivity (Wildman–Crippen MR) is 348 cm³/mol. The van der Waals surface area contributed by atoms with Gasteiger partial charge in [-0.15, -0.1) is 0 Å². The molecule has 2 unspecified atom stereocenters. The zero-order chi connectivity index (χ0) is 62.1. The van der Waals surface area contributed by atoms with Gasteiger partial charge in [-0.2, -0.15) is 13.5 Å². The van der Waals surface area contributed by atoms with Gasteiger partial charge < -0.3 is 29.4 Å². The van der Waals surface area contributed by atoms with E-state index >= 15 is 0 Å². The molecule has 17 heteroatoms. The second kappa shape index (κ2) is 34.5. The number of esters is 2. The average molecular weight is 1220 g/mol. The molecule has 0 bridgehead atoms. The Hall–Kier alpha value is -7.05. The number of rotatable bonds is 24. The smallest absolute Gasteiger partial charge is 0.326 e. The number of aryl methyl sites for hydroxylation is 4. The molecule has 4 atom stereocenters. The third-order valence-electron chi connectivity index (χ3n) is 15.9. The molecule has 0 radical (unpaired) electrons. The molecule has 2 saturated heterocycles. The van der Waals surface area contributed by atoms with Gasteiger partial charge in [0.25, 0.3) is 11.1 Å². The van der Waals surface area contributed by atoms with Crippen LogP contribution in [0, 0.1) is 39.5 Å². The number of halogens is 2. The molecule has 0 saturated carbocycles. The minimum absolute atomic E-state index is 0. The number of hydrogen-bond donors (Lipinski definition) is 2. The number of carbonyl (C=O) groups excluding carboxylic acids is 3. The summed E-state index contributed by atoms with van der Waals surface area (Å²) in [5, 5.41) is 9.38. The predicted octanol–water partition coefficient (Wildman–Crippen LogP) is 12.2. The largest absolute Gasteiger partial charge is 0.480 e. The summed E-state index contributed by atoms with van der Waals surface area (Å²) < 4.78 is 38.6. The van der Waals surface area contributed by atoms with Crippen molar-refractivity contribution in [2.75, 3.05) is 53.5 Å². The number of ether oxygens (including phenoxy) is 2. The molecule has 0 aliphatic carbocycles. The molecule has 2 aromatic heterocycles. The van der Waals surface area contributed by atoms with Crippen molar-refractivity contribution in [3.05, 3.63) is 187 Å². The van der Waals surface area contributed by atoms with E-state index in [-0.39, 0.29) is 86.9 Å². The van der Waals surface area contributed by atoms with E-state index in [2.05, 4.69) is 87.0 Å². The van der Waals surface area contributed by atoms with Crippen molar-refractivity contribution < 1.29 is 42.5 Å². The quantitative estimate of drug-likeness (QED) is 0.0548. The first-order valence-corrected chi connectivity index (χ1v) is 29.6. The van der Waals surface area contributed by atoms with E-state index in [1.54, 1.807) is 29.1 Å². The Labute approximate surface area is 520 Å². The highest BCUT2D eigenvalue weighted by molar-refractivity contribution is 7.59. The van der Waals surface area contributed by atoms with Crippen molar-refractivity contribution in [1.82, 2.24) is 18.9 Å². The van der Waals surface area contributed by atoms with E-state index in [9.17, 15) is 42.7 Å². The molecule has 2 aliphatic heterocycles. The minimum Gasteiger partial charge on any atom is -0.480 e. The molecule has 4 heterocycles. The first-order chi connectivity index (χ1) is 40.4. The Kier molecular flexibility index (Phi) is 28.7. The monoisotopic (exact) mass is 1220 g/mol. The van der Waals surface area contributed by atoms with Crippen LogP contribution in [0.2, 0.25) is 0 Å². The fourth-order valence-corrected chi connectivity index (χ4v) is 11.2. The van der Waals surface area contributed by atoms with Gasteiger partial charge in [0.1, 0.15) is 18.4 Å². The standard InChI is InChI=1S/C35H43FN2O4.C18H21NO2.C16H23FN2O3.CH4.H2S/c1-23(2)16-31(38-20-26(12-13-33(38)40)14-15-37-21-30(36)22-37)32(39)18-29(19-34(41)42-5)27-10-7-11-28(17-27)35-24(3)8-6-9-25(35)4;1-12-6-4-7-13(2)18(12)15-9-5-8-14(10-15)16(19)11-17(20)21-3;1-11(2)7-14(16(21)22)19-8-12(3-4-15(19)20)5-6-18-9-13(17)10-18;;/h6-13,17,20,23,29-31H,14-16,18-19,21-22H2,1-5H3;4-10,16H,11,19H2,1-3H3;3-4,8,11,13-14H,5-7,9-10H2,1-2H3,(H,21,22);1H4;1H2/t29-,31?;16-;;;/m00.../s1. The van der Waals surface area contributed by atoms with E-state index in [0.29, 0.717) is 58.4 Å². The third-order valence-corrected chi connectivity index (χ3v) is 15.9. The van der Waals surface area contributed by atoms with Crippen LogP contribution in [0.25, 0.3) is 22.3 Å². The van der Waals surface area contributed by atoms with Crippen LogP contribution in [0.5, 0.6) is 0 Å². The van der Waals surface area contributed by atoms with E-state index in [0.717, 1.165) is 56.6 Å². The normalized spacial score (nSPS) is 14.7. The number of pyridine rings is 2. The van der Waals surface area contributed by atoms with E-state index in [1.807, 2.05) is 67.8 Å². The number of alkyl halides is 2. The van der Waals surface area contributed by atoms with Crippen LogP contribution in [0.3, 0.4) is 0 Å². The third kappa shape index (κ3) is 21.1. The highest BCUT2D eigenvalue weighted by Crippen LogP contribution is 2.35. The van der Waals surface area contributed by atoms with E-state index in [1.165, 1.54) is 47.6 Å². The highest BCUT2D eigenvalue weighted by Gasteiger charge is 2.30. The van der Waals surface area contributed by atoms with E-state index < -0.39 is 36.3 Å². The first-order valence-electron chi connectivity index (χ1n) is 29.6. The number of hydrogen-bond acceptors (Lipinski definition) is 11. The molecular weight excluding hydrogens is 1120 g/mol. The lowest BCUT2D eigenvalue weighted by Gasteiger charge is -2.34. The number of methoxy groups -OCH3 is 2. The number of nitrogens with two attached hydrogens (primary N) is 1. The molecule has 87 heavy (non-hydrogen) atoms. The number of nitrogens with zero attached hydrogens (tertiary/aromatic N) is 4. The number of ketones is 1. The number of carbonyl (C=O) groups is 4. The van der Waals surface area contributed by atoms with Crippen molar-refractivity contribution in [3.63, 3.8) is 0 Å². The van der Waals surface area contributed by atoms with Gasteiger partial charge in [0.2, 0.25) is 0 Å². The summed E-state index contributed by atoms with van der Waals surface area (Å²) in [6.07, 6.45) is 4.56. The second-order valence-electron chi connectivity index (χ2n) is 23.7. The Balaban J connectivity index is 0.000000304. The van der Waals surface area contributed by atoms with Crippen LogP contribution < -0.4 is 16.9 Å². The highest BCUT2D eigenvalue weighted by atomic mass is 32.1. The van der Waals surface area contributed by atoms with Gasteiger partial charge >= 0.3 is 17.9 Å². The summed E-state index contributed by atoms with van der Waals surface area (Å²) in [5.74, 6) is -1.80. The molecule has 14 nitrogen and oxygen atoms in total. The van der Waals surface area contributed by atoms with Crippen molar-refractivity contribution >= 4 is 37.2 Å². The minimum atomic E-state index is -0.990. The van der Waals surface area contributed by atoms with Crippen LogP contribution in [0.15, 0.2) is 131 Å². The number of carboxylic acid groups (broad SMARTS) is 1. The second-order valence-corrected chi connectivity index (χ2v) is 23.7. The zero-order valence-corrected chi connectivity index (χ0v) is 52.7. The Morgan fingerprint density at radius 1 is 0.575 bits per heavy atom. The van der Waals surface area contributed by atoms with Crippen LogP contribution in [-0.4, -0.2) is 114 Å². The molecule has 4 aromatic carbocycles. The van der Waals surface area contributed by atoms with Gasteiger partial charge in [-0.3, -0.25) is 33.8 Å². The molecule has 3 N–H and O–H groups in total. The lowest BCUT2D eigenvalue weighted by atomic mass is 9.85. The van der Waals surface area contributed by atoms with Crippen molar-refractivity contribution in [1.29, 1.82) is 0 Å². The van der Waals surface area contributed by atoms with Crippen molar-refractivity contribution in [2.24, 2.45) is 17.6 Å². The van der Waals surface area contributed by atoms with Gasteiger partial charge in [-0.05, 0) is 138 Å². The molecule has 2 aliphatic rings. The number of Topliss-reactive ketones (excluding diaryl/α,β-unsaturated/α-hetero) is 1. The summed E-state index contributed by atoms with van der Waals surface area (Å²) >= 11 is 0. The summed E-state index contributed by atoms with van der Waals surface area (Å²) in [6.45, 7) is 19.5. The van der Waals surface area contributed by atoms with Crippen molar-refractivity contribution in [3.8, 4) is 22.3 Å². The zero-order valence-electron chi connectivity index (χ0n) is 51.7. The van der Waals surface area contributed by atoms with Gasteiger partial charge in [0.05, 0.1) is 33.1 Å². The maximum atomic E-state index is 14.1. The fraction of sp³-hybridized carbons (Fsp3) is 0.457. The van der Waals surface area contributed by atoms with Gasteiger partial charge in [0, 0.05) is 82.2 Å². The maximum absolute atomic E-state index is 14.1. The number of aliphatic carboxylic acids is 1. The summed E-state index contributed by atoms with van der Waals surface area (Å²) in [6, 6.07) is 33.2. The average Bonchev–Trinajstić information content (AvgIpc) is 1.98. The lowest BCUT2D eigenvalue weighted by Crippen LogP contribution is -2.48. The molecule has 472 valence electrons. The van der Waals surface area contributed by atoms with Crippen LogP contribution in [-0.2, 0) is 41.5 Å². The molecule has 8 rings (SSSR count). The maximum Gasteiger partial charge on any atom is 0.326 e. The molecular formula is C70H93F2N5O9S. The molecule has 0 spiro atoms. The van der Waals surface area contributed by atoms with Crippen molar-refractivity contribution in [2.45, 2.75) is 144 Å². The fourth-order valence-electron chi connectivity index (χ4n) is 11.2. The topological polar surface area (TPSA) is 183 Å². The number of likely N-dealkylation sites (tertiary alicyclic amines) is 2. The van der Waals surface area contributed by atoms with Crippen LogP contribution in [0.1, 0.15) is 136 Å². The number of carboxylic acids is 1. The van der Waals surface area contributed by atoms with Crippen LogP contribution >= 0.6 is 13.5 Å². The van der Waals surface area contributed by atoms with Crippen LogP contribution in [0.4, 0.5) is 8.78 Å². The Bertz CT molecular complexity index is 3310. The summed E-state index contributed by atoms with van der Waals surface area (Å²) in [4.78, 5) is 78.5. The number of benzene rings is 4. The van der Waals surface area contributed by atoms with Gasteiger partial charge in [0.15, 0.2) is 5.78 Å². The SMILES string of the molecule is C.CC(C)CC(C(=O)O)n1cc(CCN2CC(F)C2)ccc1=O.COC(=O)C[C@H](CC(=O)C(CC(C)C)n1cc(CCN2CC(F)C2)ccc1=O)c1cccc(-c2c(C)cccc2C)c1.COC(=O)C[C@H](N)c1cccc(-c2c(C)cccc2C)c1.S. The molecule has 0 amide bonds. The first kappa shape index (κ1) is 72.4. The van der Waals surface area contributed by atoms with Gasteiger partial charge in [-0.1, -0.05) is 126 Å².